The van der Waals surface area contributed by atoms with Crippen LogP contribution in [-0.2, 0) is 27.7 Å². The monoisotopic (exact) mass is 450 g/mol. The highest BCUT2D eigenvalue weighted by molar-refractivity contribution is 7.89. The molecule has 32 heavy (non-hydrogen) atoms. The lowest BCUT2D eigenvalue weighted by atomic mass is 10.1. The van der Waals surface area contributed by atoms with Crippen molar-refractivity contribution in [2.45, 2.75) is 31.6 Å². The van der Waals surface area contributed by atoms with E-state index in [1.54, 1.807) is 19.1 Å². The molecule has 0 saturated carbocycles. The number of carbonyl (C=O) groups is 1. The molecule has 3 aromatic carbocycles. The molecule has 1 amide bonds. The first kappa shape index (κ1) is 23.7. The molecule has 0 atom stereocenters. The smallest absolute Gasteiger partial charge is 0.243 e. The zero-order chi connectivity index (χ0) is 23.0. The van der Waals surface area contributed by atoms with Gasteiger partial charge in [-0.15, -0.1) is 0 Å². The van der Waals surface area contributed by atoms with Gasteiger partial charge in [-0.05, 0) is 55.0 Å². The van der Waals surface area contributed by atoms with Crippen molar-refractivity contribution in [2.75, 3.05) is 19.6 Å². The summed E-state index contributed by atoms with van der Waals surface area (Å²) < 4.78 is 28.3. The van der Waals surface area contributed by atoms with Gasteiger partial charge in [-0.25, -0.2) is 8.42 Å². The van der Waals surface area contributed by atoms with Gasteiger partial charge in [-0.1, -0.05) is 72.8 Å². The minimum absolute atomic E-state index is 0.211. The summed E-state index contributed by atoms with van der Waals surface area (Å²) in [4.78, 5) is 12.9. The number of nitrogens with one attached hydrogen (secondary N) is 1. The molecule has 0 spiro atoms. The van der Waals surface area contributed by atoms with Crippen molar-refractivity contribution in [3.05, 3.63) is 101 Å². The van der Waals surface area contributed by atoms with Crippen LogP contribution in [0.15, 0.2) is 83.8 Å². The Kier molecular flexibility index (Phi) is 8.20. The third-order valence-electron chi connectivity index (χ3n) is 5.35. The van der Waals surface area contributed by atoms with Gasteiger partial charge in [0.1, 0.15) is 0 Å². The van der Waals surface area contributed by atoms with Gasteiger partial charge >= 0.3 is 0 Å². The maximum absolute atomic E-state index is 13.5. The summed E-state index contributed by atoms with van der Waals surface area (Å²) >= 11 is 0. The van der Waals surface area contributed by atoms with Crippen LogP contribution in [0.3, 0.4) is 0 Å². The average Bonchev–Trinajstić information content (AvgIpc) is 2.79. The van der Waals surface area contributed by atoms with Crippen LogP contribution in [0.4, 0.5) is 0 Å². The SMILES string of the molecule is Cc1ccc(C)c(S(=O)(=O)N(CCc2ccccc2)CC(=O)NCCc2ccccc2)c1. The molecule has 0 aromatic heterocycles. The normalized spacial score (nSPS) is 11.5. The van der Waals surface area contributed by atoms with E-state index in [2.05, 4.69) is 5.32 Å². The molecule has 0 aliphatic carbocycles. The summed E-state index contributed by atoms with van der Waals surface area (Å²) in [5.41, 5.74) is 3.68. The van der Waals surface area contributed by atoms with E-state index in [0.29, 0.717) is 24.9 Å². The first-order valence-corrected chi connectivity index (χ1v) is 12.2. The summed E-state index contributed by atoms with van der Waals surface area (Å²) in [6, 6.07) is 24.9. The Bertz CT molecular complexity index is 1130. The number of aryl methyl sites for hydroxylation is 2. The molecule has 168 valence electrons. The van der Waals surface area contributed by atoms with Crippen LogP contribution in [0.2, 0.25) is 0 Å². The van der Waals surface area contributed by atoms with E-state index in [-0.39, 0.29) is 23.9 Å². The van der Waals surface area contributed by atoms with Crippen molar-refractivity contribution < 1.29 is 13.2 Å². The zero-order valence-corrected chi connectivity index (χ0v) is 19.4. The van der Waals surface area contributed by atoms with E-state index in [4.69, 9.17) is 0 Å². The first-order valence-electron chi connectivity index (χ1n) is 10.8. The molecular formula is C26H30N2O3S. The van der Waals surface area contributed by atoms with Crippen LogP contribution in [0.1, 0.15) is 22.3 Å². The van der Waals surface area contributed by atoms with Gasteiger partial charge < -0.3 is 5.32 Å². The van der Waals surface area contributed by atoms with Crippen molar-refractivity contribution in [3.8, 4) is 0 Å². The van der Waals surface area contributed by atoms with E-state index in [1.807, 2.05) is 73.7 Å². The third kappa shape index (κ3) is 6.52. The molecule has 0 heterocycles. The minimum Gasteiger partial charge on any atom is -0.355 e. The Labute approximate surface area is 191 Å². The number of hydrogen-bond donors (Lipinski definition) is 1. The summed E-state index contributed by atoms with van der Waals surface area (Å²) in [6.45, 7) is 4.12. The van der Waals surface area contributed by atoms with Crippen molar-refractivity contribution in [1.82, 2.24) is 9.62 Å². The largest absolute Gasteiger partial charge is 0.355 e. The lowest BCUT2D eigenvalue weighted by Gasteiger charge is -2.23. The highest BCUT2D eigenvalue weighted by Crippen LogP contribution is 2.21. The van der Waals surface area contributed by atoms with Crippen LogP contribution in [0.25, 0.3) is 0 Å². The van der Waals surface area contributed by atoms with Crippen LogP contribution < -0.4 is 5.32 Å². The molecule has 0 unspecified atom stereocenters. The maximum Gasteiger partial charge on any atom is 0.243 e. The average molecular weight is 451 g/mol. The van der Waals surface area contributed by atoms with Gasteiger partial charge in [-0.3, -0.25) is 4.79 Å². The fraction of sp³-hybridized carbons (Fsp3) is 0.269. The number of hydrogen-bond acceptors (Lipinski definition) is 3. The van der Waals surface area contributed by atoms with Gasteiger partial charge in [0.25, 0.3) is 0 Å². The number of carbonyl (C=O) groups excluding carboxylic acids is 1. The van der Waals surface area contributed by atoms with Crippen LogP contribution in [0, 0.1) is 13.8 Å². The molecule has 5 nitrogen and oxygen atoms in total. The van der Waals surface area contributed by atoms with E-state index >= 15 is 0 Å². The van der Waals surface area contributed by atoms with Crippen LogP contribution in [0.5, 0.6) is 0 Å². The number of rotatable bonds is 10. The Morgan fingerprint density at radius 1 is 0.844 bits per heavy atom. The lowest BCUT2D eigenvalue weighted by molar-refractivity contribution is -0.121. The predicted molar refractivity (Wildman–Crippen MR) is 128 cm³/mol. The van der Waals surface area contributed by atoms with Crippen molar-refractivity contribution in [1.29, 1.82) is 0 Å². The number of nitrogens with zero attached hydrogens (tertiary/aromatic N) is 1. The Morgan fingerprint density at radius 3 is 2.06 bits per heavy atom. The van der Waals surface area contributed by atoms with Gasteiger partial charge in [0.15, 0.2) is 0 Å². The summed E-state index contributed by atoms with van der Waals surface area (Å²) in [6.07, 6.45) is 1.22. The summed E-state index contributed by atoms with van der Waals surface area (Å²) in [5.74, 6) is -0.303. The molecule has 0 saturated heterocycles. The lowest BCUT2D eigenvalue weighted by Crippen LogP contribution is -2.42. The molecular weight excluding hydrogens is 420 g/mol. The topological polar surface area (TPSA) is 66.5 Å². The Balaban J connectivity index is 1.73. The highest BCUT2D eigenvalue weighted by atomic mass is 32.2. The predicted octanol–water partition coefficient (Wildman–Crippen LogP) is 3.90. The van der Waals surface area contributed by atoms with Crippen LogP contribution in [-0.4, -0.2) is 38.3 Å². The van der Waals surface area contributed by atoms with Gasteiger partial charge in [0.2, 0.25) is 15.9 Å². The summed E-state index contributed by atoms with van der Waals surface area (Å²) in [5, 5.41) is 2.86. The molecule has 6 heteroatoms. The fourth-order valence-corrected chi connectivity index (χ4v) is 5.22. The zero-order valence-electron chi connectivity index (χ0n) is 18.6. The Hall–Kier alpha value is -2.96. The third-order valence-corrected chi connectivity index (χ3v) is 7.34. The van der Waals surface area contributed by atoms with Crippen LogP contribution >= 0.6 is 0 Å². The van der Waals surface area contributed by atoms with Gasteiger partial charge in [-0.2, -0.15) is 4.31 Å². The number of amides is 1. The molecule has 0 fully saturated rings. The number of sulfonamides is 1. The van der Waals surface area contributed by atoms with Gasteiger partial charge in [0, 0.05) is 13.1 Å². The molecule has 1 N–H and O–H groups in total. The summed E-state index contributed by atoms with van der Waals surface area (Å²) in [7, 11) is -3.82. The van der Waals surface area contributed by atoms with E-state index in [0.717, 1.165) is 16.7 Å². The Morgan fingerprint density at radius 2 is 1.44 bits per heavy atom. The molecule has 3 aromatic rings. The van der Waals surface area contributed by atoms with Crippen molar-refractivity contribution in [2.24, 2.45) is 0 Å². The number of benzene rings is 3. The van der Waals surface area contributed by atoms with E-state index in [9.17, 15) is 13.2 Å². The minimum atomic E-state index is -3.82. The first-order chi connectivity index (χ1) is 15.4. The standard InChI is InChI=1S/C26H30N2O3S/c1-21-13-14-22(2)25(19-21)32(30,31)28(18-16-24-11-7-4-8-12-24)20-26(29)27-17-15-23-9-5-3-6-10-23/h3-14,19H,15-18,20H2,1-2H3,(H,27,29). The van der Waals surface area contributed by atoms with E-state index < -0.39 is 10.0 Å². The second kappa shape index (κ2) is 11.1. The maximum atomic E-state index is 13.5. The fourth-order valence-electron chi connectivity index (χ4n) is 3.51. The molecule has 0 bridgehead atoms. The molecule has 3 rings (SSSR count). The molecule has 0 aliphatic rings. The second-order valence-electron chi connectivity index (χ2n) is 7.93. The van der Waals surface area contributed by atoms with E-state index in [1.165, 1.54) is 4.31 Å². The van der Waals surface area contributed by atoms with Crippen molar-refractivity contribution in [3.63, 3.8) is 0 Å². The van der Waals surface area contributed by atoms with Crippen molar-refractivity contribution >= 4 is 15.9 Å². The highest BCUT2D eigenvalue weighted by Gasteiger charge is 2.28. The molecule has 0 radical (unpaired) electrons. The molecule has 0 aliphatic heterocycles. The second-order valence-corrected chi connectivity index (χ2v) is 9.84. The quantitative estimate of drug-likeness (QED) is 0.510. The van der Waals surface area contributed by atoms with Gasteiger partial charge in [0.05, 0.1) is 11.4 Å².